The Bertz CT molecular complexity index is 768. The maximum absolute atomic E-state index is 13.3. The fourth-order valence-corrected chi connectivity index (χ4v) is 4.80. The largest absolute Gasteiger partial charge is 0.469 e. The van der Waals surface area contributed by atoms with Crippen LogP contribution in [0.15, 0.2) is 30.3 Å². The van der Waals surface area contributed by atoms with Crippen molar-refractivity contribution in [2.24, 2.45) is 17.8 Å². The predicted molar refractivity (Wildman–Crippen MR) is 100.0 cm³/mol. The number of benzene rings is 1. The Morgan fingerprint density at radius 1 is 1.14 bits per heavy atom. The first-order valence-corrected chi connectivity index (χ1v) is 9.78. The van der Waals surface area contributed by atoms with Gasteiger partial charge in [0.1, 0.15) is 6.61 Å². The monoisotopic (exact) mass is 386 g/mol. The van der Waals surface area contributed by atoms with Crippen LogP contribution in [0.25, 0.3) is 0 Å². The van der Waals surface area contributed by atoms with Crippen molar-refractivity contribution in [2.75, 3.05) is 26.8 Å². The summed E-state index contributed by atoms with van der Waals surface area (Å²) in [7, 11) is 1.40. The summed E-state index contributed by atoms with van der Waals surface area (Å²) in [6.45, 7) is 4.89. The number of carbonyl (C=O) groups excluding carboxylic acids is 3. The number of carbonyl (C=O) groups is 3. The van der Waals surface area contributed by atoms with Crippen molar-refractivity contribution in [3.8, 4) is 0 Å². The van der Waals surface area contributed by atoms with Crippen LogP contribution in [0.2, 0.25) is 0 Å². The lowest BCUT2D eigenvalue weighted by molar-refractivity contribution is -0.172. The third kappa shape index (κ3) is 3.07. The molecule has 3 aliphatic rings. The van der Waals surface area contributed by atoms with Gasteiger partial charge in [0.25, 0.3) is 5.91 Å². The fourth-order valence-electron chi connectivity index (χ4n) is 4.80. The van der Waals surface area contributed by atoms with Crippen molar-refractivity contribution in [2.45, 2.75) is 32.0 Å². The molecule has 0 N–H and O–H groups in total. The number of amides is 2. The van der Waals surface area contributed by atoms with Crippen LogP contribution in [-0.4, -0.2) is 66.5 Å². The van der Waals surface area contributed by atoms with Gasteiger partial charge in [0, 0.05) is 19.1 Å². The molecule has 3 fully saturated rings. The third-order valence-electron chi connectivity index (χ3n) is 6.18. The topological polar surface area (TPSA) is 76.1 Å². The van der Waals surface area contributed by atoms with Crippen LogP contribution in [0, 0.1) is 17.8 Å². The summed E-state index contributed by atoms with van der Waals surface area (Å²) in [5.41, 5.74) is 0.888. The van der Waals surface area contributed by atoms with Gasteiger partial charge in [-0.1, -0.05) is 30.3 Å². The van der Waals surface area contributed by atoms with Crippen LogP contribution in [0.5, 0.6) is 0 Å². The van der Waals surface area contributed by atoms with Gasteiger partial charge in [-0.3, -0.25) is 14.4 Å². The minimum absolute atomic E-state index is 0.0485. The first kappa shape index (κ1) is 18.9. The van der Waals surface area contributed by atoms with E-state index in [-0.39, 0.29) is 48.2 Å². The SMILES string of the molecule is COC(=O)C1[C@H]2CN(C(=O)[C@H]3OCC(=O)N(C(C)C)[C@@H]3c3ccccc3)C[C@@H]12. The van der Waals surface area contributed by atoms with E-state index in [1.54, 1.807) is 9.80 Å². The summed E-state index contributed by atoms with van der Waals surface area (Å²) in [4.78, 5) is 41.2. The van der Waals surface area contributed by atoms with Gasteiger partial charge in [-0.15, -0.1) is 0 Å². The first-order valence-electron chi connectivity index (χ1n) is 9.78. The van der Waals surface area contributed by atoms with E-state index in [2.05, 4.69) is 0 Å². The molecular formula is C21H26N2O5. The molecule has 7 nitrogen and oxygen atoms in total. The van der Waals surface area contributed by atoms with Gasteiger partial charge >= 0.3 is 5.97 Å². The Balaban J connectivity index is 1.55. The quantitative estimate of drug-likeness (QED) is 0.728. The summed E-state index contributed by atoms with van der Waals surface area (Å²) >= 11 is 0. The Morgan fingerprint density at radius 2 is 1.79 bits per heavy atom. The molecule has 5 atom stereocenters. The molecule has 1 unspecified atom stereocenters. The van der Waals surface area contributed by atoms with E-state index in [1.807, 2.05) is 44.2 Å². The number of methoxy groups -OCH3 is 1. The van der Waals surface area contributed by atoms with Gasteiger partial charge in [0.05, 0.1) is 19.1 Å². The number of likely N-dealkylation sites (tertiary alicyclic amines) is 1. The zero-order valence-electron chi connectivity index (χ0n) is 16.4. The number of fused-ring (bicyclic) bond motifs is 1. The summed E-state index contributed by atoms with van der Waals surface area (Å²) in [5.74, 6) is -0.128. The van der Waals surface area contributed by atoms with Gasteiger partial charge in [-0.25, -0.2) is 0 Å². The molecule has 2 saturated heterocycles. The highest BCUT2D eigenvalue weighted by atomic mass is 16.5. The normalized spacial score (nSPS) is 31.7. The Kier molecular flexibility index (Phi) is 4.87. The lowest BCUT2D eigenvalue weighted by Gasteiger charge is -2.43. The van der Waals surface area contributed by atoms with E-state index < -0.39 is 12.1 Å². The minimum Gasteiger partial charge on any atom is -0.469 e. The smallest absolute Gasteiger partial charge is 0.309 e. The zero-order chi connectivity index (χ0) is 20.0. The average molecular weight is 386 g/mol. The van der Waals surface area contributed by atoms with Crippen LogP contribution < -0.4 is 0 Å². The summed E-state index contributed by atoms with van der Waals surface area (Å²) in [5, 5.41) is 0. The summed E-state index contributed by atoms with van der Waals surface area (Å²) < 4.78 is 10.6. The minimum atomic E-state index is -0.739. The van der Waals surface area contributed by atoms with E-state index in [0.29, 0.717) is 13.1 Å². The van der Waals surface area contributed by atoms with Crippen LogP contribution in [0.1, 0.15) is 25.5 Å². The van der Waals surface area contributed by atoms with E-state index in [9.17, 15) is 14.4 Å². The molecule has 0 bridgehead atoms. The summed E-state index contributed by atoms with van der Waals surface area (Å²) in [6, 6.07) is 9.07. The Labute approximate surface area is 164 Å². The molecule has 28 heavy (non-hydrogen) atoms. The molecule has 2 heterocycles. The average Bonchev–Trinajstić information content (AvgIpc) is 3.20. The van der Waals surface area contributed by atoms with Gasteiger partial charge in [-0.05, 0) is 31.2 Å². The number of hydrogen-bond acceptors (Lipinski definition) is 5. The second-order valence-electron chi connectivity index (χ2n) is 8.10. The van der Waals surface area contributed by atoms with E-state index in [1.165, 1.54) is 7.11 Å². The van der Waals surface area contributed by atoms with Crippen molar-refractivity contribution in [1.82, 2.24) is 9.80 Å². The van der Waals surface area contributed by atoms with Crippen molar-refractivity contribution >= 4 is 17.8 Å². The van der Waals surface area contributed by atoms with Crippen LogP contribution >= 0.6 is 0 Å². The molecular weight excluding hydrogens is 360 g/mol. The molecule has 1 saturated carbocycles. The number of nitrogens with zero attached hydrogens (tertiary/aromatic N) is 2. The van der Waals surface area contributed by atoms with Crippen LogP contribution in [0.3, 0.4) is 0 Å². The number of esters is 1. The van der Waals surface area contributed by atoms with Crippen LogP contribution in [-0.2, 0) is 23.9 Å². The van der Waals surface area contributed by atoms with Crippen molar-refractivity contribution in [3.05, 3.63) is 35.9 Å². The zero-order valence-corrected chi connectivity index (χ0v) is 16.4. The molecule has 1 aromatic carbocycles. The number of hydrogen-bond donors (Lipinski definition) is 0. The molecule has 1 aromatic rings. The molecule has 4 rings (SSSR count). The van der Waals surface area contributed by atoms with Gasteiger partial charge in [0.2, 0.25) is 5.91 Å². The molecule has 0 radical (unpaired) electrons. The number of piperidine rings is 1. The molecule has 2 aliphatic heterocycles. The lowest BCUT2D eigenvalue weighted by Crippen LogP contribution is -2.57. The summed E-state index contributed by atoms with van der Waals surface area (Å²) in [6.07, 6.45) is -0.739. The molecule has 0 spiro atoms. The van der Waals surface area contributed by atoms with Crippen molar-refractivity contribution in [1.29, 1.82) is 0 Å². The highest BCUT2D eigenvalue weighted by molar-refractivity contribution is 5.87. The molecule has 150 valence electrons. The lowest BCUT2D eigenvalue weighted by atomic mass is 9.95. The van der Waals surface area contributed by atoms with E-state index >= 15 is 0 Å². The molecule has 7 heteroatoms. The first-order chi connectivity index (χ1) is 13.4. The van der Waals surface area contributed by atoms with E-state index in [0.717, 1.165) is 5.56 Å². The Hall–Kier alpha value is -2.41. The second kappa shape index (κ2) is 7.20. The second-order valence-corrected chi connectivity index (χ2v) is 8.10. The Morgan fingerprint density at radius 3 is 2.36 bits per heavy atom. The maximum atomic E-state index is 13.3. The highest BCUT2D eigenvalue weighted by Crippen LogP contribution is 2.52. The van der Waals surface area contributed by atoms with Crippen LogP contribution in [0.4, 0.5) is 0 Å². The number of rotatable bonds is 4. The fraction of sp³-hybridized carbons (Fsp3) is 0.571. The van der Waals surface area contributed by atoms with Crippen molar-refractivity contribution in [3.63, 3.8) is 0 Å². The standard InChI is InChI=1S/C21H26N2O5/c1-12(2)23-16(24)11-28-19(18(23)13-7-5-4-6-8-13)20(25)22-9-14-15(10-22)17(14)21(26)27-3/h4-8,12,14-15,17-19H,9-11H2,1-3H3/t14-,15+,17?,18-,19+/m1/s1. The highest BCUT2D eigenvalue weighted by Gasteiger charge is 2.61. The van der Waals surface area contributed by atoms with E-state index in [4.69, 9.17) is 9.47 Å². The molecule has 0 aromatic heterocycles. The van der Waals surface area contributed by atoms with Gasteiger partial charge in [0.15, 0.2) is 6.10 Å². The van der Waals surface area contributed by atoms with Crippen molar-refractivity contribution < 1.29 is 23.9 Å². The molecule has 2 amide bonds. The predicted octanol–water partition coefficient (Wildman–Crippen LogP) is 1.24. The maximum Gasteiger partial charge on any atom is 0.309 e. The van der Waals surface area contributed by atoms with Gasteiger partial charge < -0.3 is 19.3 Å². The number of ether oxygens (including phenoxy) is 2. The third-order valence-corrected chi connectivity index (χ3v) is 6.18. The molecule has 1 aliphatic carbocycles. The number of morpholine rings is 1. The van der Waals surface area contributed by atoms with Gasteiger partial charge in [-0.2, -0.15) is 0 Å².